The summed E-state index contributed by atoms with van der Waals surface area (Å²) in [5, 5.41) is 0. The van der Waals surface area contributed by atoms with Gasteiger partial charge < -0.3 is 15.2 Å². The van der Waals surface area contributed by atoms with Crippen molar-refractivity contribution in [2.45, 2.75) is 13.0 Å². The highest BCUT2D eigenvalue weighted by molar-refractivity contribution is 5.26. The molecule has 0 saturated carbocycles. The topological polar surface area (TPSA) is 70.3 Å². The molecule has 2 heterocycles. The smallest absolute Gasteiger partial charge is 0.219 e. The zero-order valence-electron chi connectivity index (χ0n) is 10.9. The Bertz CT molecular complexity index is 514. The average Bonchev–Trinajstić information content (AvgIpc) is 2.47. The second kappa shape index (κ2) is 6.70. The van der Waals surface area contributed by atoms with E-state index < -0.39 is 0 Å². The minimum atomic E-state index is 0.398. The minimum Gasteiger partial charge on any atom is -0.487 e. The van der Waals surface area contributed by atoms with Gasteiger partial charge in [0, 0.05) is 18.3 Å². The van der Waals surface area contributed by atoms with Crippen LogP contribution in [0.1, 0.15) is 11.3 Å². The van der Waals surface area contributed by atoms with E-state index in [1.54, 1.807) is 19.5 Å². The molecule has 0 saturated heterocycles. The highest BCUT2D eigenvalue weighted by atomic mass is 16.5. The number of rotatable bonds is 6. The zero-order valence-corrected chi connectivity index (χ0v) is 10.9. The van der Waals surface area contributed by atoms with Gasteiger partial charge in [-0.2, -0.15) is 0 Å². The summed E-state index contributed by atoms with van der Waals surface area (Å²) in [7, 11) is 1.59. The third kappa shape index (κ3) is 3.66. The molecule has 0 aromatic carbocycles. The first kappa shape index (κ1) is 13.3. The van der Waals surface area contributed by atoms with Gasteiger partial charge in [-0.25, -0.2) is 4.98 Å². The monoisotopic (exact) mass is 259 g/mol. The predicted octanol–water partition coefficient (Wildman–Crippen LogP) is 1.57. The number of hydrogen-bond donors (Lipinski definition) is 1. The number of hydrogen-bond acceptors (Lipinski definition) is 5. The van der Waals surface area contributed by atoms with Crippen molar-refractivity contribution < 1.29 is 9.47 Å². The van der Waals surface area contributed by atoms with Crippen molar-refractivity contribution in [2.24, 2.45) is 5.73 Å². The molecular formula is C14H17N3O2. The van der Waals surface area contributed by atoms with Crippen LogP contribution in [0.15, 0.2) is 36.7 Å². The summed E-state index contributed by atoms with van der Waals surface area (Å²) in [6.07, 6.45) is 4.16. The fourth-order valence-electron chi connectivity index (χ4n) is 1.67. The van der Waals surface area contributed by atoms with Gasteiger partial charge in [-0.3, -0.25) is 4.98 Å². The predicted molar refractivity (Wildman–Crippen MR) is 72.1 cm³/mol. The van der Waals surface area contributed by atoms with Crippen molar-refractivity contribution in [3.63, 3.8) is 0 Å². The van der Waals surface area contributed by atoms with Crippen LogP contribution >= 0.6 is 0 Å². The van der Waals surface area contributed by atoms with E-state index in [4.69, 9.17) is 15.2 Å². The lowest BCUT2D eigenvalue weighted by Gasteiger charge is -2.09. The SMILES string of the molecule is COc1ncccc1COc1ccc(CCN)nc1. The van der Waals surface area contributed by atoms with Crippen LogP contribution in [-0.4, -0.2) is 23.6 Å². The molecule has 0 aliphatic rings. The van der Waals surface area contributed by atoms with E-state index in [1.165, 1.54) is 0 Å². The normalized spacial score (nSPS) is 10.2. The van der Waals surface area contributed by atoms with Crippen LogP contribution in [-0.2, 0) is 13.0 Å². The van der Waals surface area contributed by atoms with E-state index in [0.29, 0.717) is 24.8 Å². The molecule has 2 N–H and O–H groups in total. The standard InChI is InChI=1S/C14H17N3O2/c1-18-14-11(3-2-8-16-14)10-19-13-5-4-12(6-7-15)17-9-13/h2-5,8-9H,6-7,10,15H2,1H3. The minimum absolute atomic E-state index is 0.398. The van der Waals surface area contributed by atoms with Crippen LogP contribution < -0.4 is 15.2 Å². The number of methoxy groups -OCH3 is 1. The third-order valence-corrected chi connectivity index (χ3v) is 2.64. The Morgan fingerprint density at radius 1 is 1.21 bits per heavy atom. The molecule has 5 nitrogen and oxygen atoms in total. The lowest BCUT2D eigenvalue weighted by molar-refractivity contribution is 0.292. The Labute approximate surface area is 112 Å². The van der Waals surface area contributed by atoms with Crippen LogP contribution in [0.2, 0.25) is 0 Å². The van der Waals surface area contributed by atoms with Gasteiger partial charge in [0.2, 0.25) is 5.88 Å². The quantitative estimate of drug-likeness (QED) is 0.852. The fourth-order valence-corrected chi connectivity index (χ4v) is 1.67. The van der Waals surface area contributed by atoms with Crippen LogP contribution in [0.3, 0.4) is 0 Å². The number of pyridine rings is 2. The van der Waals surface area contributed by atoms with Crippen LogP contribution in [0.4, 0.5) is 0 Å². The molecule has 0 radical (unpaired) electrons. The molecule has 2 aromatic heterocycles. The highest BCUT2D eigenvalue weighted by Crippen LogP contribution is 2.17. The molecule has 0 amide bonds. The largest absolute Gasteiger partial charge is 0.487 e. The van der Waals surface area contributed by atoms with Crippen molar-refractivity contribution >= 4 is 0 Å². The van der Waals surface area contributed by atoms with E-state index >= 15 is 0 Å². The Morgan fingerprint density at radius 3 is 2.79 bits per heavy atom. The van der Waals surface area contributed by atoms with E-state index in [1.807, 2.05) is 24.3 Å². The molecule has 100 valence electrons. The van der Waals surface area contributed by atoms with Gasteiger partial charge in [0.15, 0.2) is 0 Å². The second-order valence-corrected chi connectivity index (χ2v) is 3.98. The molecule has 0 atom stereocenters. The summed E-state index contributed by atoms with van der Waals surface area (Å²) in [5.41, 5.74) is 7.34. The number of nitrogens with two attached hydrogens (primary N) is 1. The summed E-state index contributed by atoms with van der Waals surface area (Å²) >= 11 is 0. The molecule has 0 aliphatic heterocycles. The summed E-state index contributed by atoms with van der Waals surface area (Å²) < 4.78 is 10.8. The van der Waals surface area contributed by atoms with Crippen molar-refractivity contribution in [3.8, 4) is 11.6 Å². The van der Waals surface area contributed by atoms with Gasteiger partial charge in [0.05, 0.1) is 18.9 Å². The van der Waals surface area contributed by atoms with Crippen LogP contribution in [0, 0.1) is 0 Å². The summed E-state index contributed by atoms with van der Waals surface area (Å²) in [6, 6.07) is 7.58. The lowest BCUT2D eigenvalue weighted by atomic mass is 10.2. The van der Waals surface area contributed by atoms with E-state index in [-0.39, 0.29) is 0 Å². The van der Waals surface area contributed by atoms with Crippen molar-refractivity contribution in [2.75, 3.05) is 13.7 Å². The molecule has 2 rings (SSSR count). The van der Waals surface area contributed by atoms with E-state index in [9.17, 15) is 0 Å². The van der Waals surface area contributed by atoms with Gasteiger partial charge in [0.25, 0.3) is 0 Å². The number of aromatic nitrogens is 2. The van der Waals surface area contributed by atoms with Crippen molar-refractivity contribution in [1.29, 1.82) is 0 Å². The number of nitrogens with zero attached hydrogens (tertiary/aromatic N) is 2. The first-order valence-corrected chi connectivity index (χ1v) is 6.09. The molecule has 0 spiro atoms. The Kier molecular flexibility index (Phi) is 4.69. The maximum atomic E-state index is 5.65. The van der Waals surface area contributed by atoms with Crippen LogP contribution in [0.5, 0.6) is 11.6 Å². The molecule has 0 aliphatic carbocycles. The van der Waals surface area contributed by atoms with Gasteiger partial charge in [-0.15, -0.1) is 0 Å². The maximum Gasteiger partial charge on any atom is 0.219 e. The molecule has 0 unspecified atom stereocenters. The van der Waals surface area contributed by atoms with Gasteiger partial charge in [-0.05, 0) is 30.8 Å². The maximum absolute atomic E-state index is 5.65. The first-order chi connectivity index (χ1) is 9.33. The lowest BCUT2D eigenvalue weighted by Crippen LogP contribution is -2.04. The molecular weight excluding hydrogens is 242 g/mol. The van der Waals surface area contributed by atoms with Crippen LogP contribution in [0.25, 0.3) is 0 Å². The summed E-state index contributed by atoms with van der Waals surface area (Å²) in [5.74, 6) is 1.29. The summed E-state index contributed by atoms with van der Waals surface area (Å²) in [4.78, 5) is 8.39. The molecule has 0 fully saturated rings. The van der Waals surface area contributed by atoms with Gasteiger partial charge in [-0.1, -0.05) is 0 Å². The first-order valence-electron chi connectivity index (χ1n) is 6.09. The van der Waals surface area contributed by atoms with Gasteiger partial charge in [0.1, 0.15) is 12.4 Å². The molecule has 2 aromatic rings. The van der Waals surface area contributed by atoms with E-state index in [0.717, 1.165) is 17.7 Å². The molecule has 19 heavy (non-hydrogen) atoms. The number of ether oxygens (including phenoxy) is 2. The zero-order chi connectivity index (χ0) is 13.5. The van der Waals surface area contributed by atoms with Crippen molar-refractivity contribution in [3.05, 3.63) is 47.9 Å². The second-order valence-electron chi connectivity index (χ2n) is 3.98. The van der Waals surface area contributed by atoms with Gasteiger partial charge >= 0.3 is 0 Å². The highest BCUT2D eigenvalue weighted by Gasteiger charge is 2.04. The molecule has 5 heteroatoms. The molecule has 0 bridgehead atoms. The van der Waals surface area contributed by atoms with Crippen molar-refractivity contribution in [1.82, 2.24) is 9.97 Å². The summed E-state index contributed by atoms with van der Waals surface area (Å²) in [6.45, 7) is 0.995. The average molecular weight is 259 g/mol. The third-order valence-electron chi connectivity index (χ3n) is 2.64. The Balaban J connectivity index is 1.98. The Morgan fingerprint density at radius 2 is 2.11 bits per heavy atom. The fraction of sp³-hybridized carbons (Fsp3) is 0.286. The Hall–Kier alpha value is -2.14. The van der Waals surface area contributed by atoms with E-state index in [2.05, 4.69) is 9.97 Å².